The smallest absolute Gasteiger partial charge is 0.127 e. The second kappa shape index (κ2) is 4.27. The molecule has 0 saturated carbocycles. The van der Waals surface area contributed by atoms with Crippen molar-refractivity contribution in [2.45, 2.75) is 13.5 Å². The van der Waals surface area contributed by atoms with Gasteiger partial charge in [0.2, 0.25) is 0 Å². The minimum atomic E-state index is 0.450. The number of fused-ring (bicyclic) bond motifs is 1. The highest BCUT2D eigenvalue weighted by molar-refractivity contribution is 5.80. The van der Waals surface area contributed by atoms with E-state index >= 15 is 0 Å². The molecule has 0 aliphatic heterocycles. The second-order valence-corrected chi connectivity index (χ2v) is 4.42. The van der Waals surface area contributed by atoms with Crippen molar-refractivity contribution in [2.24, 2.45) is 5.73 Å². The van der Waals surface area contributed by atoms with Crippen LogP contribution in [0.4, 0.5) is 0 Å². The van der Waals surface area contributed by atoms with Crippen LogP contribution in [0.5, 0.6) is 0 Å². The average Bonchev–Trinajstić information content (AvgIpc) is 2.82. The van der Waals surface area contributed by atoms with Crippen LogP contribution in [0.25, 0.3) is 16.6 Å². The van der Waals surface area contributed by atoms with Crippen LogP contribution in [0.2, 0.25) is 0 Å². The second-order valence-electron chi connectivity index (χ2n) is 4.42. The van der Waals surface area contributed by atoms with Gasteiger partial charge in [-0.05, 0) is 18.6 Å². The standard InChI is InChI=1S/C15H15N3/c1-11-4-6-12(7-5-11)13-3-2-8-18-14(13)10-17-15(18)9-16/h2-8,10H,9,16H2,1H3. The Morgan fingerprint density at radius 2 is 1.94 bits per heavy atom. The van der Waals surface area contributed by atoms with Gasteiger partial charge in [0.15, 0.2) is 0 Å². The van der Waals surface area contributed by atoms with E-state index in [4.69, 9.17) is 5.73 Å². The molecule has 0 fully saturated rings. The van der Waals surface area contributed by atoms with Gasteiger partial charge in [-0.2, -0.15) is 0 Å². The molecule has 3 aromatic rings. The average molecular weight is 237 g/mol. The number of hydrogen-bond acceptors (Lipinski definition) is 2. The van der Waals surface area contributed by atoms with Gasteiger partial charge in [0, 0.05) is 11.8 Å². The topological polar surface area (TPSA) is 43.3 Å². The van der Waals surface area contributed by atoms with Crippen molar-refractivity contribution in [1.29, 1.82) is 0 Å². The van der Waals surface area contributed by atoms with Crippen molar-refractivity contribution in [2.75, 3.05) is 0 Å². The third kappa shape index (κ3) is 1.69. The fourth-order valence-corrected chi connectivity index (χ4v) is 2.20. The van der Waals surface area contributed by atoms with Crippen LogP contribution in [0.3, 0.4) is 0 Å². The molecule has 2 heterocycles. The first-order chi connectivity index (χ1) is 8.79. The molecule has 0 saturated heterocycles. The summed E-state index contributed by atoms with van der Waals surface area (Å²) < 4.78 is 2.05. The number of imidazole rings is 1. The largest absolute Gasteiger partial charge is 0.324 e. The van der Waals surface area contributed by atoms with Crippen molar-refractivity contribution >= 4 is 5.52 Å². The molecular weight excluding hydrogens is 222 g/mol. The number of pyridine rings is 1. The van der Waals surface area contributed by atoms with Gasteiger partial charge in [0.25, 0.3) is 0 Å². The third-order valence-corrected chi connectivity index (χ3v) is 3.19. The van der Waals surface area contributed by atoms with E-state index in [0.29, 0.717) is 6.54 Å². The molecule has 0 aliphatic carbocycles. The van der Waals surface area contributed by atoms with Crippen LogP contribution in [0.1, 0.15) is 11.4 Å². The molecule has 3 nitrogen and oxygen atoms in total. The first kappa shape index (κ1) is 11.0. The molecule has 1 aromatic carbocycles. The van der Waals surface area contributed by atoms with Crippen LogP contribution in [0, 0.1) is 6.92 Å². The minimum absolute atomic E-state index is 0.450. The molecule has 0 bridgehead atoms. The summed E-state index contributed by atoms with van der Waals surface area (Å²) in [4.78, 5) is 4.36. The molecular formula is C15H15N3. The highest BCUT2D eigenvalue weighted by Gasteiger charge is 2.07. The van der Waals surface area contributed by atoms with Gasteiger partial charge in [-0.3, -0.25) is 0 Å². The summed E-state index contributed by atoms with van der Waals surface area (Å²) in [5, 5.41) is 0. The molecule has 0 radical (unpaired) electrons. The minimum Gasteiger partial charge on any atom is -0.324 e. The number of hydrogen-bond donors (Lipinski definition) is 1. The van der Waals surface area contributed by atoms with E-state index in [0.717, 1.165) is 11.3 Å². The summed E-state index contributed by atoms with van der Waals surface area (Å²) in [6.07, 6.45) is 3.89. The highest BCUT2D eigenvalue weighted by Crippen LogP contribution is 2.25. The Kier molecular flexibility index (Phi) is 2.61. The van der Waals surface area contributed by atoms with E-state index < -0.39 is 0 Å². The summed E-state index contributed by atoms with van der Waals surface area (Å²) in [6.45, 7) is 2.54. The number of benzene rings is 1. The molecule has 2 aromatic heterocycles. The Morgan fingerprint density at radius 3 is 2.67 bits per heavy atom. The number of nitrogens with zero attached hydrogens (tertiary/aromatic N) is 2. The molecule has 0 atom stereocenters. The summed E-state index contributed by atoms with van der Waals surface area (Å²) in [5.74, 6) is 0.888. The molecule has 0 spiro atoms. The molecule has 0 amide bonds. The predicted octanol–water partition coefficient (Wildman–Crippen LogP) is 2.77. The Balaban J connectivity index is 2.23. The third-order valence-electron chi connectivity index (χ3n) is 3.19. The summed E-state index contributed by atoms with van der Waals surface area (Å²) in [6, 6.07) is 12.7. The van der Waals surface area contributed by atoms with Crippen LogP contribution >= 0.6 is 0 Å². The number of rotatable bonds is 2. The Morgan fingerprint density at radius 1 is 1.17 bits per heavy atom. The lowest BCUT2D eigenvalue weighted by molar-refractivity contribution is 0.904. The summed E-state index contributed by atoms with van der Waals surface area (Å²) in [5.41, 5.74) is 10.4. The van der Waals surface area contributed by atoms with E-state index in [9.17, 15) is 0 Å². The zero-order chi connectivity index (χ0) is 12.5. The monoisotopic (exact) mass is 237 g/mol. The van der Waals surface area contributed by atoms with Gasteiger partial charge in [-0.25, -0.2) is 4.98 Å². The number of aryl methyl sites for hydroxylation is 1. The van der Waals surface area contributed by atoms with E-state index in [1.54, 1.807) is 0 Å². The molecule has 3 rings (SSSR count). The zero-order valence-electron chi connectivity index (χ0n) is 10.3. The summed E-state index contributed by atoms with van der Waals surface area (Å²) in [7, 11) is 0. The van der Waals surface area contributed by atoms with Gasteiger partial charge >= 0.3 is 0 Å². The first-order valence-electron chi connectivity index (χ1n) is 6.01. The highest BCUT2D eigenvalue weighted by atomic mass is 15.0. The quantitative estimate of drug-likeness (QED) is 0.744. The van der Waals surface area contributed by atoms with E-state index in [2.05, 4.69) is 46.6 Å². The number of nitrogens with two attached hydrogens (primary N) is 1. The molecule has 2 N–H and O–H groups in total. The fourth-order valence-electron chi connectivity index (χ4n) is 2.20. The van der Waals surface area contributed by atoms with E-state index in [1.165, 1.54) is 16.7 Å². The van der Waals surface area contributed by atoms with Crippen molar-refractivity contribution in [3.63, 3.8) is 0 Å². The Hall–Kier alpha value is -2.13. The van der Waals surface area contributed by atoms with E-state index in [-0.39, 0.29) is 0 Å². The van der Waals surface area contributed by atoms with Gasteiger partial charge in [0.1, 0.15) is 5.82 Å². The first-order valence-corrected chi connectivity index (χ1v) is 6.01. The van der Waals surface area contributed by atoms with Crippen molar-refractivity contribution in [3.05, 3.63) is 60.2 Å². The predicted molar refractivity (Wildman–Crippen MR) is 73.3 cm³/mol. The maximum atomic E-state index is 5.69. The lowest BCUT2D eigenvalue weighted by atomic mass is 10.0. The van der Waals surface area contributed by atoms with Crippen molar-refractivity contribution < 1.29 is 0 Å². The van der Waals surface area contributed by atoms with E-state index in [1.807, 2.05) is 18.5 Å². The Bertz CT molecular complexity index is 681. The van der Waals surface area contributed by atoms with Crippen LogP contribution in [0.15, 0.2) is 48.8 Å². The Labute approximate surface area is 106 Å². The molecule has 3 heteroatoms. The number of aromatic nitrogens is 2. The zero-order valence-corrected chi connectivity index (χ0v) is 10.3. The SMILES string of the molecule is Cc1ccc(-c2cccn3c(CN)ncc23)cc1. The van der Waals surface area contributed by atoms with Crippen LogP contribution in [-0.2, 0) is 6.54 Å². The van der Waals surface area contributed by atoms with Gasteiger partial charge in [0.05, 0.1) is 18.3 Å². The molecule has 18 heavy (non-hydrogen) atoms. The molecule has 90 valence electrons. The lowest BCUT2D eigenvalue weighted by Crippen LogP contribution is -2.02. The van der Waals surface area contributed by atoms with Gasteiger partial charge in [-0.15, -0.1) is 0 Å². The van der Waals surface area contributed by atoms with Crippen molar-refractivity contribution in [1.82, 2.24) is 9.38 Å². The maximum absolute atomic E-state index is 5.69. The normalized spacial score (nSPS) is 11.0. The van der Waals surface area contributed by atoms with Gasteiger partial charge < -0.3 is 10.1 Å². The molecule has 0 aliphatic rings. The van der Waals surface area contributed by atoms with Crippen LogP contribution in [-0.4, -0.2) is 9.38 Å². The van der Waals surface area contributed by atoms with Crippen LogP contribution < -0.4 is 5.73 Å². The van der Waals surface area contributed by atoms with Gasteiger partial charge in [-0.1, -0.05) is 35.9 Å². The van der Waals surface area contributed by atoms with Crippen molar-refractivity contribution in [3.8, 4) is 11.1 Å². The summed E-state index contributed by atoms with van der Waals surface area (Å²) >= 11 is 0. The lowest BCUT2D eigenvalue weighted by Gasteiger charge is -2.06. The molecule has 0 unspecified atom stereocenters. The fraction of sp³-hybridized carbons (Fsp3) is 0.133. The maximum Gasteiger partial charge on any atom is 0.127 e.